The van der Waals surface area contributed by atoms with Crippen LogP contribution in [-0.4, -0.2) is 34.2 Å². The van der Waals surface area contributed by atoms with E-state index in [9.17, 15) is 9.59 Å². The van der Waals surface area contributed by atoms with E-state index in [2.05, 4.69) is 10.3 Å². The van der Waals surface area contributed by atoms with Crippen molar-refractivity contribution in [3.63, 3.8) is 0 Å². The van der Waals surface area contributed by atoms with E-state index in [0.717, 1.165) is 10.9 Å². The number of benzene rings is 1. The highest BCUT2D eigenvalue weighted by Gasteiger charge is 2.34. The molecule has 1 aliphatic rings. The minimum Gasteiger partial charge on any atom is -0.479 e. The molecule has 0 unspecified atom stereocenters. The topological polar surface area (TPSA) is 91.4 Å². The molecule has 2 heterocycles. The third-order valence-corrected chi connectivity index (χ3v) is 3.41. The first-order valence-corrected chi connectivity index (χ1v) is 6.40. The molecule has 3 rings (SSSR count). The third kappa shape index (κ3) is 2.37. The normalized spacial score (nSPS) is 22.0. The second kappa shape index (κ2) is 4.97. The molecule has 2 aromatic rings. The van der Waals surface area contributed by atoms with Gasteiger partial charge in [-0.1, -0.05) is 0 Å². The largest absolute Gasteiger partial charge is 0.479 e. The Morgan fingerprint density at radius 2 is 2.05 bits per heavy atom. The molecular formula is C14H14N2O4. The summed E-state index contributed by atoms with van der Waals surface area (Å²) < 4.78 is 5.21. The average molecular weight is 274 g/mol. The van der Waals surface area contributed by atoms with E-state index in [0.29, 0.717) is 18.5 Å². The van der Waals surface area contributed by atoms with Crippen molar-refractivity contribution in [3.8, 4) is 0 Å². The van der Waals surface area contributed by atoms with E-state index in [1.165, 1.54) is 0 Å². The summed E-state index contributed by atoms with van der Waals surface area (Å²) in [6.45, 7) is 0. The monoisotopic (exact) mass is 274 g/mol. The van der Waals surface area contributed by atoms with Gasteiger partial charge in [-0.2, -0.15) is 0 Å². The molecule has 104 valence electrons. The van der Waals surface area contributed by atoms with E-state index >= 15 is 0 Å². The van der Waals surface area contributed by atoms with E-state index < -0.39 is 18.2 Å². The number of rotatable bonds is 3. The summed E-state index contributed by atoms with van der Waals surface area (Å²) in [4.78, 5) is 25.9. The second-order valence-corrected chi connectivity index (χ2v) is 4.80. The molecule has 0 saturated carbocycles. The Morgan fingerprint density at radius 3 is 2.80 bits per heavy atom. The number of amides is 1. The maximum Gasteiger partial charge on any atom is 0.332 e. The van der Waals surface area contributed by atoms with Gasteiger partial charge in [0.25, 0.3) is 5.91 Å². The number of H-pyrrole nitrogens is 1. The molecule has 1 aliphatic heterocycles. The predicted octanol–water partition coefficient (Wildman–Crippen LogP) is 1.74. The van der Waals surface area contributed by atoms with Gasteiger partial charge in [0, 0.05) is 22.8 Å². The number of aromatic nitrogens is 1. The van der Waals surface area contributed by atoms with Gasteiger partial charge in [0.2, 0.25) is 0 Å². The maximum atomic E-state index is 12.0. The standard InChI is InChI=1S/C14H14N2O4/c17-13(11-3-4-12(20-11)14(18)19)16-9-1-2-10-8(7-9)5-6-15-10/h1-2,5-7,11-12,15H,3-4H2,(H,16,17)(H,18,19)/t11-,12+/m0/s1. The number of carboxylic acid groups (broad SMARTS) is 1. The van der Waals surface area contributed by atoms with Crippen LogP contribution in [0.3, 0.4) is 0 Å². The van der Waals surface area contributed by atoms with Crippen LogP contribution in [0.1, 0.15) is 12.8 Å². The van der Waals surface area contributed by atoms with Crippen LogP contribution in [0.25, 0.3) is 10.9 Å². The summed E-state index contributed by atoms with van der Waals surface area (Å²) in [6, 6.07) is 7.44. The molecule has 0 radical (unpaired) electrons. The van der Waals surface area contributed by atoms with E-state index in [1.54, 1.807) is 6.07 Å². The van der Waals surface area contributed by atoms with E-state index in [4.69, 9.17) is 9.84 Å². The summed E-state index contributed by atoms with van der Waals surface area (Å²) in [5.74, 6) is -1.32. The number of ether oxygens (including phenoxy) is 1. The van der Waals surface area contributed by atoms with Crippen molar-refractivity contribution in [3.05, 3.63) is 30.5 Å². The lowest BCUT2D eigenvalue weighted by Gasteiger charge is -2.11. The zero-order valence-corrected chi connectivity index (χ0v) is 10.6. The Labute approximate surface area is 114 Å². The smallest absolute Gasteiger partial charge is 0.332 e. The van der Waals surface area contributed by atoms with Gasteiger partial charge in [-0.3, -0.25) is 4.79 Å². The minimum absolute atomic E-state index is 0.302. The summed E-state index contributed by atoms with van der Waals surface area (Å²) in [6.07, 6.45) is 1.05. The van der Waals surface area contributed by atoms with Gasteiger partial charge in [-0.25, -0.2) is 4.79 Å². The van der Waals surface area contributed by atoms with Crippen molar-refractivity contribution in [2.75, 3.05) is 5.32 Å². The van der Waals surface area contributed by atoms with Crippen molar-refractivity contribution >= 4 is 28.5 Å². The molecule has 6 nitrogen and oxygen atoms in total. The number of aliphatic carboxylic acids is 1. The summed E-state index contributed by atoms with van der Waals surface area (Å²) in [5, 5.41) is 12.6. The third-order valence-electron chi connectivity index (χ3n) is 3.41. The zero-order valence-electron chi connectivity index (χ0n) is 10.6. The molecule has 0 spiro atoms. The average Bonchev–Trinajstić information content (AvgIpc) is 3.07. The highest BCUT2D eigenvalue weighted by molar-refractivity contribution is 5.96. The molecule has 1 amide bonds. The van der Waals surface area contributed by atoms with Crippen LogP contribution in [0.15, 0.2) is 30.5 Å². The number of carboxylic acids is 1. The van der Waals surface area contributed by atoms with Gasteiger partial charge in [0.1, 0.15) is 6.10 Å². The van der Waals surface area contributed by atoms with E-state index in [-0.39, 0.29) is 5.91 Å². The molecule has 0 bridgehead atoms. The molecule has 6 heteroatoms. The molecule has 1 aromatic carbocycles. The van der Waals surface area contributed by atoms with Gasteiger partial charge < -0.3 is 20.1 Å². The second-order valence-electron chi connectivity index (χ2n) is 4.80. The van der Waals surface area contributed by atoms with Crippen LogP contribution in [0.5, 0.6) is 0 Å². The summed E-state index contributed by atoms with van der Waals surface area (Å²) in [5.41, 5.74) is 1.66. The van der Waals surface area contributed by atoms with Crippen molar-refractivity contribution in [2.24, 2.45) is 0 Å². The molecule has 0 aliphatic carbocycles. The van der Waals surface area contributed by atoms with Gasteiger partial charge in [-0.15, -0.1) is 0 Å². The molecule has 20 heavy (non-hydrogen) atoms. The number of anilines is 1. The van der Waals surface area contributed by atoms with Crippen LogP contribution in [0.4, 0.5) is 5.69 Å². The molecule has 2 atom stereocenters. The maximum absolute atomic E-state index is 12.0. The number of carbonyl (C=O) groups is 2. The van der Waals surface area contributed by atoms with Crippen LogP contribution in [0.2, 0.25) is 0 Å². The number of aromatic amines is 1. The SMILES string of the molecule is O=C(Nc1ccc2[nH]ccc2c1)[C@@H]1CC[C@H](C(=O)O)O1. The quantitative estimate of drug-likeness (QED) is 0.795. The van der Waals surface area contributed by atoms with Crippen LogP contribution in [-0.2, 0) is 14.3 Å². The molecule has 1 saturated heterocycles. The lowest BCUT2D eigenvalue weighted by atomic mass is 10.2. The Kier molecular flexibility index (Phi) is 3.15. The number of hydrogen-bond donors (Lipinski definition) is 3. The lowest BCUT2D eigenvalue weighted by Crippen LogP contribution is -2.29. The van der Waals surface area contributed by atoms with E-state index in [1.807, 2.05) is 24.4 Å². The Bertz CT molecular complexity index is 664. The number of carbonyl (C=O) groups excluding carboxylic acids is 1. The minimum atomic E-state index is -1.02. The highest BCUT2D eigenvalue weighted by Crippen LogP contribution is 2.22. The van der Waals surface area contributed by atoms with Gasteiger partial charge in [-0.05, 0) is 37.1 Å². The number of fused-ring (bicyclic) bond motifs is 1. The van der Waals surface area contributed by atoms with Crippen LogP contribution < -0.4 is 5.32 Å². The van der Waals surface area contributed by atoms with Gasteiger partial charge >= 0.3 is 5.97 Å². The van der Waals surface area contributed by atoms with Crippen molar-refractivity contribution < 1.29 is 19.4 Å². The van der Waals surface area contributed by atoms with Crippen LogP contribution >= 0.6 is 0 Å². The Hall–Kier alpha value is -2.34. The molecule has 1 fully saturated rings. The fraction of sp³-hybridized carbons (Fsp3) is 0.286. The fourth-order valence-corrected chi connectivity index (χ4v) is 2.37. The van der Waals surface area contributed by atoms with Gasteiger partial charge in [0.15, 0.2) is 6.10 Å². The zero-order chi connectivity index (χ0) is 14.1. The predicted molar refractivity (Wildman–Crippen MR) is 72.5 cm³/mol. The first-order chi connectivity index (χ1) is 9.63. The van der Waals surface area contributed by atoms with Gasteiger partial charge in [0.05, 0.1) is 0 Å². The lowest BCUT2D eigenvalue weighted by molar-refractivity contribution is -0.150. The Balaban J connectivity index is 1.68. The molecule has 1 aromatic heterocycles. The molecule has 3 N–H and O–H groups in total. The van der Waals surface area contributed by atoms with Crippen molar-refractivity contribution in [1.82, 2.24) is 4.98 Å². The Morgan fingerprint density at radius 1 is 1.25 bits per heavy atom. The van der Waals surface area contributed by atoms with Crippen molar-refractivity contribution in [1.29, 1.82) is 0 Å². The first kappa shape index (κ1) is 12.7. The summed E-state index contributed by atoms with van der Waals surface area (Å²) in [7, 11) is 0. The highest BCUT2D eigenvalue weighted by atomic mass is 16.5. The molecular weight excluding hydrogens is 260 g/mol. The van der Waals surface area contributed by atoms with Crippen molar-refractivity contribution in [2.45, 2.75) is 25.0 Å². The fourth-order valence-electron chi connectivity index (χ4n) is 2.37. The first-order valence-electron chi connectivity index (χ1n) is 6.40. The number of nitrogens with one attached hydrogen (secondary N) is 2. The number of hydrogen-bond acceptors (Lipinski definition) is 3. The van der Waals surface area contributed by atoms with Crippen LogP contribution in [0, 0.1) is 0 Å². The summed E-state index contributed by atoms with van der Waals surface area (Å²) >= 11 is 0.